The number of thioether (sulfide) groups is 1. The fraction of sp³-hybridized carbons (Fsp3) is 0.192. The predicted octanol–water partition coefficient (Wildman–Crippen LogP) is 3.79. The van der Waals surface area contributed by atoms with Crippen molar-refractivity contribution in [3.05, 3.63) is 76.5 Å². The van der Waals surface area contributed by atoms with Crippen LogP contribution in [0.25, 0.3) is 0 Å². The molecule has 0 saturated heterocycles. The third kappa shape index (κ3) is 5.57. The molecule has 5 rings (SSSR count). The van der Waals surface area contributed by atoms with Crippen LogP contribution in [0.15, 0.2) is 76.0 Å². The number of rotatable bonds is 8. The molecule has 0 bridgehead atoms. The lowest BCUT2D eigenvalue weighted by Crippen LogP contribution is -2.46. The lowest BCUT2D eigenvalue weighted by atomic mass is 10.1. The van der Waals surface area contributed by atoms with Crippen LogP contribution in [0.4, 0.5) is 11.4 Å². The number of nitrogens with zero attached hydrogens (tertiary/aromatic N) is 3. The SMILES string of the molecule is COc1cccc(NC(=O)CSC2=Nc3ccccc3C3=NC(=O)C(CC(=O)NCc4cccs4)N23)c1. The number of para-hydroxylation sites is 1. The first-order valence-electron chi connectivity index (χ1n) is 11.5. The summed E-state index contributed by atoms with van der Waals surface area (Å²) in [7, 11) is 1.56. The van der Waals surface area contributed by atoms with Crippen LogP contribution in [-0.2, 0) is 20.9 Å². The van der Waals surface area contributed by atoms with Gasteiger partial charge in [0, 0.05) is 22.2 Å². The van der Waals surface area contributed by atoms with Gasteiger partial charge >= 0.3 is 0 Å². The summed E-state index contributed by atoms with van der Waals surface area (Å²) in [6.45, 7) is 0.397. The van der Waals surface area contributed by atoms with Crippen LogP contribution in [0, 0.1) is 0 Å². The average molecular weight is 534 g/mol. The Bertz CT molecular complexity index is 1400. The smallest absolute Gasteiger partial charge is 0.271 e. The second-order valence-corrected chi connectivity index (χ2v) is 10.2. The summed E-state index contributed by atoms with van der Waals surface area (Å²) in [5.74, 6) is 0.217. The van der Waals surface area contributed by atoms with Crippen molar-refractivity contribution in [3.8, 4) is 5.75 Å². The molecule has 3 amide bonds. The summed E-state index contributed by atoms with van der Waals surface area (Å²) in [5.41, 5.74) is 1.98. The Morgan fingerprint density at radius 1 is 1.08 bits per heavy atom. The molecule has 37 heavy (non-hydrogen) atoms. The van der Waals surface area contributed by atoms with Crippen molar-refractivity contribution in [2.75, 3.05) is 18.2 Å². The molecule has 188 valence electrons. The Morgan fingerprint density at radius 3 is 2.76 bits per heavy atom. The maximum absolute atomic E-state index is 12.9. The van der Waals surface area contributed by atoms with Gasteiger partial charge in [0.15, 0.2) is 5.17 Å². The first-order valence-corrected chi connectivity index (χ1v) is 13.3. The van der Waals surface area contributed by atoms with Crippen LogP contribution in [0.3, 0.4) is 0 Å². The number of carbonyl (C=O) groups is 3. The zero-order valence-corrected chi connectivity index (χ0v) is 21.5. The fourth-order valence-electron chi connectivity index (χ4n) is 3.98. The van der Waals surface area contributed by atoms with Crippen LogP contribution < -0.4 is 15.4 Å². The molecule has 0 radical (unpaired) electrons. The number of hydrogen-bond donors (Lipinski definition) is 2. The van der Waals surface area contributed by atoms with Gasteiger partial charge in [0.2, 0.25) is 11.8 Å². The highest BCUT2D eigenvalue weighted by Crippen LogP contribution is 2.35. The first-order chi connectivity index (χ1) is 18.0. The quantitative estimate of drug-likeness (QED) is 0.456. The Labute approximate surface area is 221 Å². The molecular weight excluding hydrogens is 510 g/mol. The lowest BCUT2D eigenvalue weighted by molar-refractivity contribution is -0.126. The van der Waals surface area contributed by atoms with Gasteiger partial charge < -0.3 is 15.4 Å². The van der Waals surface area contributed by atoms with E-state index in [2.05, 4.69) is 15.6 Å². The van der Waals surface area contributed by atoms with Gasteiger partial charge in [-0.2, -0.15) is 4.99 Å². The highest BCUT2D eigenvalue weighted by molar-refractivity contribution is 8.14. The van der Waals surface area contributed by atoms with Gasteiger partial charge in [0.25, 0.3) is 5.91 Å². The van der Waals surface area contributed by atoms with E-state index in [0.717, 1.165) is 4.88 Å². The van der Waals surface area contributed by atoms with Gasteiger partial charge in [-0.15, -0.1) is 11.3 Å². The first kappa shape index (κ1) is 24.7. The van der Waals surface area contributed by atoms with Crippen molar-refractivity contribution in [3.63, 3.8) is 0 Å². The second kappa shape index (κ2) is 11.0. The maximum Gasteiger partial charge on any atom is 0.271 e. The molecule has 0 aliphatic carbocycles. The summed E-state index contributed by atoms with van der Waals surface area (Å²) < 4.78 is 5.20. The summed E-state index contributed by atoms with van der Waals surface area (Å²) in [5, 5.41) is 8.10. The van der Waals surface area contributed by atoms with Crippen molar-refractivity contribution in [1.82, 2.24) is 10.2 Å². The Hall–Kier alpha value is -3.96. The van der Waals surface area contributed by atoms with E-state index < -0.39 is 11.9 Å². The van der Waals surface area contributed by atoms with E-state index in [4.69, 9.17) is 9.73 Å². The standard InChI is InChI=1S/C26H23N5O4S2/c1-35-17-7-4-6-16(12-17)28-23(33)15-37-26-29-20-10-3-2-9-19(20)24-30-25(34)21(31(24)26)13-22(32)27-14-18-8-5-11-36-18/h2-12,21H,13-15H2,1H3,(H,27,32)(H,28,33). The topological polar surface area (TPSA) is 112 Å². The van der Waals surface area contributed by atoms with Crippen LogP contribution in [0.5, 0.6) is 5.75 Å². The molecule has 0 spiro atoms. The Morgan fingerprint density at radius 2 is 1.95 bits per heavy atom. The summed E-state index contributed by atoms with van der Waals surface area (Å²) >= 11 is 2.74. The molecule has 2 aromatic carbocycles. The number of amidine groups is 2. The molecular formula is C26H23N5O4S2. The van der Waals surface area contributed by atoms with Gasteiger partial charge in [-0.3, -0.25) is 19.3 Å². The third-order valence-electron chi connectivity index (χ3n) is 5.71. The zero-order chi connectivity index (χ0) is 25.8. The third-order valence-corrected chi connectivity index (χ3v) is 7.54. The van der Waals surface area contributed by atoms with Crippen molar-refractivity contribution < 1.29 is 19.1 Å². The number of benzene rings is 2. The largest absolute Gasteiger partial charge is 0.497 e. The minimum Gasteiger partial charge on any atom is -0.497 e. The fourth-order valence-corrected chi connectivity index (χ4v) is 5.47. The highest BCUT2D eigenvalue weighted by Gasteiger charge is 2.42. The minimum absolute atomic E-state index is 0.0491. The van der Waals surface area contributed by atoms with Gasteiger partial charge in [0.05, 0.1) is 31.5 Å². The van der Waals surface area contributed by atoms with Gasteiger partial charge in [-0.05, 0) is 35.7 Å². The molecule has 2 N–H and O–H groups in total. The number of aliphatic imine (C=N–C) groups is 2. The molecule has 1 unspecified atom stereocenters. The number of ether oxygens (including phenoxy) is 1. The van der Waals surface area contributed by atoms with Crippen LogP contribution in [0.2, 0.25) is 0 Å². The zero-order valence-electron chi connectivity index (χ0n) is 19.8. The molecule has 3 aromatic rings. The molecule has 9 nitrogen and oxygen atoms in total. The average Bonchev–Trinajstić information content (AvgIpc) is 3.54. The van der Waals surface area contributed by atoms with Gasteiger partial charge in [-0.1, -0.05) is 36.0 Å². The molecule has 2 aliphatic rings. The van der Waals surface area contributed by atoms with E-state index in [1.165, 1.54) is 11.8 Å². The Balaban J connectivity index is 1.31. The van der Waals surface area contributed by atoms with E-state index in [0.29, 0.717) is 40.2 Å². The van der Waals surface area contributed by atoms with Crippen molar-refractivity contribution in [2.24, 2.45) is 9.98 Å². The number of anilines is 1. The number of hydrogen-bond acceptors (Lipinski definition) is 8. The van der Waals surface area contributed by atoms with Crippen LogP contribution >= 0.6 is 23.1 Å². The Kier molecular flexibility index (Phi) is 7.33. The van der Waals surface area contributed by atoms with Crippen molar-refractivity contribution in [1.29, 1.82) is 0 Å². The summed E-state index contributed by atoms with van der Waals surface area (Å²) in [6.07, 6.45) is -0.0744. The molecule has 0 saturated carbocycles. The number of amides is 3. The van der Waals surface area contributed by atoms with E-state index >= 15 is 0 Å². The van der Waals surface area contributed by atoms with Gasteiger partial charge in [0.1, 0.15) is 17.6 Å². The number of thiophene rings is 1. The highest BCUT2D eigenvalue weighted by atomic mass is 32.2. The number of methoxy groups -OCH3 is 1. The molecule has 11 heteroatoms. The van der Waals surface area contributed by atoms with E-state index in [1.807, 2.05) is 41.8 Å². The van der Waals surface area contributed by atoms with Crippen molar-refractivity contribution >= 4 is 63.2 Å². The predicted molar refractivity (Wildman–Crippen MR) is 146 cm³/mol. The monoisotopic (exact) mass is 533 g/mol. The number of nitrogens with one attached hydrogen (secondary N) is 2. The summed E-state index contributed by atoms with van der Waals surface area (Å²) in [6, 6.07) is 17.5. The summed E-state index contributed by atoms with van der Waals surface area (Å²) in [4.78, 5) is 50.1. The van der Waals surface area contributed by atoms with E-state index in [-0.39, 0.29) is 24.0 Å². The van der Waals surface area contributed by atoms with Gasteiger partial charge in [-0.25, -0.2) is 4.99 Å². The maximum atomic E-state index is 12.9. The van der Waals surface area contributed by atoms with Crippen molar-refractivity contribution in [2.45, 2.75) is 19.0 Å². The lowest BCUT2D eigenvalue weighted by Gasteiger charge is -2.30. The normalized spacial score (nSPS) is 15.9. The second-order valence-electron chi connectivity index (χ2n) is 8.20. The molecule has 1 aromatic heterocycles. The number of carbonyl (C=O) groups excluding carboxylic acids is 3. The minimum atomic E-state index is -0.834. The van der Waals surface area contributed by atoms with Crippen LogP contribution in [-0.4, -0.2) is 52.5 Å². The van der Waals surface area contributed by atoms with Crippen LogP contribution in [0.1, 0.15) is 16.9 Å². The molecule has 2 aliphatic heterocycles. The van der Waals surface area contributed by atoms with E-state index in [9.17, 15) is 14.4 Å². The molecule has 3 heterocycles. The van der Waals surface area contributed by atoms with E-state index in [1.54, 1.807) is 47.6 Å². The number of fused-ring (bicyclic) bond motifs is 3. The molecule has 0 fully saturated rings. The molecule has 1 atom stereocenters.